The van der Waals surface area contributed by atoms with Crippen LogP contribution in [-0.2, 0) is 9.59 Å². The number of carbonyl (C=O) groups is 2. The van der Waals surface area contributed by atoms with Gasteiger partial charge in [-0.1, -0.05) is 71.5 Å². The van der Waals surface area contributed by atoms with Crippen LogP contribution in [0.1, 0.15) is 16.5 Å². The maximum absolute atomic E-state index is 13.4. The molecule has 0 aliphatic carbocycles. The van der Waals surface area contributed by atoms with Gasteiger partial charge in [0.1, 0.15) is 11.8 Å². The summed E-state index contributed by atoms with van der Waals surface area (Å²) in [5.74, 6) is -1.65. The van der Waals surface area contributed by atoms with Crippen LogP contribution in [0.15, 0.2) is 83.7 Å². The van der Waals surface area contributed by atoms with E-state index in [0.717, 1.165) is 20.3 Å². The molecule has 1 aliphatic rings. The van der Waals surface area contributed by atoms with Gasteiger partial charge in [0.15, 0.2) is 5.13 Å². The van der Waals surface area contributed by atoms with E-state index >= 15 is 0 Å². The number of carbonyl (C=O) groups excluding carboxylic acids is 2. The summed E-state index contributed by atoms with van der Waals surface area (Å²) < 4.78 is 0.809. The lowest BCUT2D eigenvalue weighted by Gasteiger charge is -2.21. The smallest absolute Gasteiger partial charge is 0.301 e. The number of rotatable bonds is 3. The molecule has 0 radical (unpaired) electrons. The van der Waals surface area contributed by atoms with Crippen molar-refractivity contribution in [1.82, 2.24) is 4.98 Å². The van der Waals surface area contributed by atoms with Crippen LogP contribution in [0.3, 0.4) is 0 Å². The molecule has 1 fully saturated rings. The standard InChI is InChI=1S/C26H15ClN2O3S2/c27-15-10-11-18-20(13-15)34-26(28-18)29-22(19-9-4-12-33-19)21(24(31)25(29)32)23(30)17-8-3-6-14-5-1-2-7-16(14)17/h1-13,22,30H/b23-21+. The van der Waals surface area contributed by atoms with E-state index < -0.39 is 17.7 Å². The first kappa shape index (κ1) is 21.0. The molecule has 5 nitrogen and oxygen atoms in total. The molecule has 0 bridgehead atoms. The number of aliphatic hydroxyl groups is 1. The lowest BCUT2D eigenvalue weighted by molar-refractivity contribution is -0.132. The summed E-state index contributed by atoms with van der Waals surface area (Å²) in [5, 5.41) is 16.0. The average Bonchev–Trinajstić information content (AvgIpc) is 3.57. The van der Waals surface area contributed by atoms with Crippen LogP contribution in [0.2, 0.25) is 5.02 Å². The largest absolute Gasteiger partial charge is 0.507 e. The van der Waals surface area contributed by atoms with Gasteiger partial charge in [-0.15, -0.1) is 11.3 Å². The van der Waals surface area contributed by atoms with E-state index in [9.17, 15) is 14.7 Å². The number of aliphatic hydroxyl groups excluding tert-OH is 1. The lowest BCUT2D eigenvalue weighted by atomic mass is 9.96. The number of Topliss-reactive ketones (excluding diaryl/α,β-unsaturated/α-hetero) is 1. The second-order valence-corrected chi connectivity index (χ2v) is 10.2. The maximum Gasteiger partial charge on any atom is 0.301 e. The molecule has 1 unspecified atom stereocenters. The van der Waals surface area contributed by atoms with Gasteiger partial charge in [-0.25, -0.2) is 4.98 Å². The molecule has 3 heterocycles. The van der Waals surface area contributed by atoms with Crippen molar-refractivity contribution in [3.05, 3.63) is 99.2 Å². The van der Waals surface area contributed by atoms with E-state index in [4.69, 9.17) is 11.6 Å². The van der Waals surface area contributed by atoms with Crippen molar-refractivity contribution in [2.24, 2.45) is 0 Å². The Morgan fingerprint density at radius 1 is 1.00 bits per heavy atom. The van der Waals surface area contributed by atoms with E-state index in [1.165, 1.54) is 27.6 Å². The highest BCUT2D eigenvalue weighted by atomic mass is 35.5. The Kier molecular flexibility index (Phi) is 4.99. The highest BCUT2D eigenvalue weighted by molar-refractivity contribution is 7.22. The number of benzene rings is 3. The van der Waals surface area contributed by atoms with Crippen molar-refractivity contribution >= 4 is 77.8 Å². The molecule has 166 valence electrons. The molecule has 1 saturated heterocycles. The number of thiazole rings is 1. The molecule has 0 spiro atoms. The van der Waals surface area contributed by atoms with Crippen molar-refractivity contribution < 1.29 is 14.7 Å². The number of fused-ring (bicyclic) bond motifs is 2. The molecular weight excluding hydrogens is 488 g/mol. The summed E-state index contributed by atoms with van der Waals surface area (Å²) in [7, 11) is 0. The maximum atomic E-state index is 13.4. The average molecular weight is 503 g/mol. The number of halogens is 1. The van der Waals surface area contributed by atoms with Gasteiger partial charge in [0.2, 0.25) is 0 Å². The van der Waals surface area contributed by atoms with Crippen LogP contribution in [0.25, 0.3) is 26.7 Å². The second kappa shape index (κ2) is 8.06. The molecule has 2 aromatic heterocycles. The number of ketones is 1. The number of nitrogens with zero attached hydrogens (tertiary/aromatic N) is 2. The fraction of sp³-hybridized carbons (Fsp3) is 0.0385. The van der Waals surface area contributed by atoms with Gasteiger partial charge in [0, 0.05) is 15.5 Å². The molecular formula is C26H15ClN2O3S2. The number of hydrogen-bond donors (Lipinski definition) is 1. The van der Waals surface area contributed by atoms with Gasteiger partial charge in [-0.05, 0) is 40.4 Å². The van der Waals surface area contributed by atoms with Crippen molar-refractivity contribution in [2.75, 3.05) is 4.90 Å². The van der Waals surface area contributed by atoms with Crippen LogP contribution in [-0.4, -0.2) is 21.8 Å². The summed E-state index contributed by atoms with van der Waals surface area (Å²) in [6.45, 7) is 0. The number of amides is 1. The molecule has 0 saturated carbocycles. The van der Waals surface area contributed by atoms with Gasteiger partial charge in [0.05, 0.1) is 15.8 Å². The first-order valence-electron chi connectivity index (χ1n) is 10.4. The summed E-state index contributed by atoms with van der Waals surface area (Å²) >= 11 is 8.84. The first-order chi connectivity index (χ1) is 16.5. The molecule has 8 heteroatoms. The highest BCUT2D eigenvalue weighted by Gasteiger charge is 2.48. The second-order valence-electron chi connectivity index (χ2n) is 7.82. The Morgan fingerprint density at radius 2 is 1.82 bits per heavy atom. The zero-order valence-corrected chi connectivity index (χ0v) is 19.8. The summed E-state index contributed by atoms with van der Waals surface area (Å²) in [6, 6.07) is 21.4. The quantitative estimate of drug-likeness (QED) is 0.167. The molecule has 6 rings (SSSR count). The molecule has 1 atom stereocenters. The van der Waals surface area contributed by atoms with Gasteiger partial charge < -0.3 is 5.11 Å². The van der Waals surface area contributed by atoms with Crippen LogP contribution in [0, 0.1) is 0 Å². The van der Waals surface area contributed by atoms with Gasteiger partial charge in [-0.3, -0.25) is 14.5 Å². The lowest BCUT2D eigenvalue weighted by Crippen LogP contribution is -2.28. The van der Waals surface area contributed by atoms with E-state index in [1.54, 1.807) is 24.3 Å². The van der Waals surface area contributed by atoms with E-state index in [0.29, 0.717) is 21.2 Å². The predicted octanol–water partition coefficient (Wildman–Crippen LogP) is 6.79. The minimum Gasteiger partial charge on any atom is -0.507 e. The molecule has 1 N–H and O–H groups in total. The first-order valence-corrected chi connectivity index (χ1v) is 12.5. The Morgan fingerprint density at radius 3 is 2.65 bits per heavy atom. The molecule has 1 amide bonds. The van der Waals surface area contributed by atoms with E-state index in [1.807, 2.05) is 53.9 Å². The normalized spacial score (nSPS) is 17.8. The van der Waals surface area contributed by atoms with E-state index in [2.05, 4.69) is 4.98 Å². The van der Waals surface area contributed by atoms with E-state index in [-0.39, 0.29) is 11.3 Å². The summed E-state index contributed by atoms with van der Waals surface area (Å²) in [4.78, 5) is 33.5. The molecule has 3 aromatic carbocycles. The number of thiophene rings is 1. The monoisotopic (exact) mass is 502 g/mol. The predicted molar refractivity (Wildman–Crippen MR) is 138 cm³/mol. The van der Waals surface area contributed by atoms with Gasteiger partial charge in [-0.2, -0.15) is 0 Å². The fourth-order valence-corrected chi connectivity index (χ4v) is 6.40. The molecule has 1 aliphatic heterocycles. The Balaban J connectivity index is 1.59. The third kappa shape index (κ3) is 3.24. The Hall–Kier alpha value is -3.52. The minimum atomic E-state index is -0.782. The van der Waals surface area contributed by atoms with Crippen LogP contribution in [0.5, 0.6) is 0 Å². The van der Waals surface area contributed by atoms with Crippen LogP contribution < -0.4 is 4.90 Å². The summed E-state index contributed by atoms with van der Waals surface area (Å²) in [5.41, 5.74) is 1.25. The van der Waals surface area contributed by atoms with Crippen LogP contribution in [0.4, 0.5) is 5.13 Å². The zero-order valence-electron chi connectivity index (χ0n) is 17.4. The third-order valence-electron chi connectivity index (χ3n) is 5.85. The number of hydrogen-bond acceptors (Lipinski definition) is 6. The van der Waals surface area contributed by atoms with Gasteiger partial charge >= 0.3 is 5.91 Å². The zero-order chi connectivity index (χ0) is 23.4. The van der Waals surface area contributed by atoms with Crippen LogP contribution >= 0.6 is 34.3 Å². The molecule has 5 aromatic rings. The summed E-state index contributed by atoms with van der Waals surface area (Å²) in [6.07, 6.45) is 0. The number of anilines is 1. The van der Waals surface area contributed by atoms with Crippen molar-refractivity contribution in [3.8, 4) is 0 Å². The Labute approximate surface area is 207 Å². The number of aromatic nitrogens is 1. The molecule has 34 heavy (non-hydrogen) atoms. The Bertz CT molecular complexity index is 1630. The SMILES string of the molecule is O=C1C(=O)N(c2nc3ccc(Cl)cc3s2)C(c2cccs2)/C1=C(\O)c1cccc2ccccc12. The van der Waals surface area contributed by atoms with Crippen molar-refractivity contribution in [1.29, 1.82) is 0 Å². The third-order valence-corrected chi connectivity index (χ3v) is 8.02. The highest BCUT2D eigenvalue weighted by Crippen LogP contribution is 2.46. The topological polar surface area (TPSA) is 70.5 Å². The fourth-order valence-electron chi connectivity index (χ4n) is 4.31. The van der Waals surface area contributed by atoms with Gasteiger partial charge in [0.25, 0.3) is 5.78 Å². The van der Waals surface area contributed by atoms with Crippen molar-refractivity contribution in [3.63, 3.8) is 0 Å². The minimum absolute atomic E-state index is 0.0566. The van der Waals surface area contributed by atoms with Crippen molar-refractivity contribution in [2.45, 2.75) is 6.04 Å².